The number of hydrogen-bond donors (Lipinski definition) is 2. The quantitative estimate of drug-likeness (QED) is 0.495. The monoisotopic (exact) mass is 382 g/mol. The summed E-state index contributed by atoms with van der Waals surface area (Å²) in [5, 5.41) is 7.69. The van der Waals surface area contributed by atoms with Crippen LogP contribution in [0.15, 0.2) is 48.5 Å². The van der Waals surface area contributed by atoms with Crippen LogP contribution in [0.4, 0.5) is 0 Å². The summed E-state index contributed by atoms with van der Waals surface area (Å²) >= 11 is 0. The zero-order chi connectivity index (χ0) is 19.7. The van der Waals surface area contributed by atoms with E-state index in [0.717, 1.165) is 45.9 Å². The summed E-state index contributed by atoms with van der Waals surface area (Å²) in [6.45, 7) is 2.09. The molecule has 0 saturated heterocycles. The predicted octanol–water partition coefficient (Wildman–Crippen LogP) is 4.03. The first-order valence-electron chi connectivity index (χ1n) is 10.1. The molecule has 1 amide bonds. The van der Waals surface area contributed by atoms with E-state index in [1.807, 2.05) is 0 Å². The molecule has 3 N–H and O–H groups in total. The van der Waals surface area contributed by atoms with Gasteiger partial charge in [-0.15, -0.1) is 0 Å². The molecule has 1 aliphatic rings. The minimum Gasteiger partial charge on any atom is -0.348 e. The van der Waals surface area contributed by atoms with Crippen LogP contribution < -0.4 is 11.1 Å². The van der Waals surface area contributed by atoms with Gasteiger partial charge in [0.25, 0.3) is 5.91 Å². The number of benzene rings is 3. The van der Waals surface area contributed by atoms with Crippen molar-refractivity contribution in [1.29, 1.82) is 0 Å². The van der Waals surface area contributed by atoms with Crippen molar-refractivity contribution in [2.75, 3.05) is 6.54 Å². The van der Waals surface area contributed by atoms with E-state index < -0.39 is 0 Å². The summed E-state index contributed by atoms with van der Waals surface area (Å²) in [6, 6.07) is 16.9. The first-order valence-corrected chi connectivity index (χ1v) is 10.1. The Bertz CT molecular complexity index is 1470. The van der Waals surface area contributed by atoms with Gasteiger partial charge >= 0.3 is 0 Å². The molecule has 2 aromatic heterocycles. The fraction of sp³-hybridized carbons (Fsp3) is 0.208. The molecule has 0 aliphatic carbocycles. The molecule has 0 saturated carbocycles. The van der Waals surface area contributed by atoms with Crippen LogP contribution in [-0.4, -0.2) is 21.6 Å². The fourth-order valence-corrected chi connectivity index (χ4v) is 5.22. The lowest BCUT2D eigenvalue weighted by atomic mass is 9.97. The molecule has 144 valence electrons. The number of para-hydroxylation sites is 2. The maximum absolute atomic E-state index is 12.9. The Hall–Kier alpha value is -3.31. The van der Waals surface area contributed by atoms with E-state index >= 15 is 0 Å². The lowest BCUT2D eigenvalue weighted by Gasteiger charge is -2.11. The Balaban J connectivity index is 1.97. The number of nitrogens with two attached hydrogens (primary N) is 1. The van der Waals surface area contributed by atoms with Crippen molar-refractivity contribution >= 4 is 49.5 Å². The molecule has 29 heavy (non-hydrogen) atoms. The van der Waals surface area contributed by atoms with Crippen LogP contribution in [0, 0.1) is 0 Å². The SMILES string of the molecule is Cn1c2ccccc2c2c3c(c4c5ccccc5n(CCCN)c4c21)CNC3=O. The van der Waals surface area contributed by atoms with Crippen molar-refractivity contribution in [3.05, 3.63) is 59.7 Å². The van der Waals surface area contributed by atoms with Gasteiger partial charge in [0.2, 0.25) is 0 Å². The Morgan fingerprint density at radius 3 is 2.41 bits per heavy atom. The summed E-state index contributed by atoms with van der Waals surface area (Å²) < 4.78 is 4.65. The van der Waals surface area contributed by atoms with Crippen molar-refractivity contribution in [1.82, 2.24) is 14.5 Å². The Labute approximate surface area is 167 Å². The number of aromatic nitrogens is 2. The van der Waals surface area contributed by atoms with Crippen molar-refractivity contribution in [2.24, 2.45) is 12.8 Å². The van der Waals surface area contributed by atoms with E-state index in [2.05, 4.69) is 70.0 Å². The lowest BCUT2D eigenvalue weighted by molar-refractivity contribution is 0.0967. The van der Waals surface area contributed by atoms with Gasteiger partial charge < -0.3 is 20.2 Å². The Kier molecular flexibility index (Phi) is 3.35. The molecule has 3 heterocycles. The minimum absolute atomic E-state index is 0.0297. The fourth-order valence-electron chi connectivity index (χ4n) is 5.22. The van der Waals surface area contributed by atoms with Crippen LogP contribution in [0.2, 0.25) is 0 Å². The van der Waals surface area contributed by atoms with E-state index in [9.17, 15) is 4.79 Å². The molecule has 0 spiro atoms. The molecule has 1 aliphatic heterocycles. The third-order valence-electron chi connectivity index (χ3n) is 6.39. The summed E-state index contributed by atoms with van der Waals surface area (Å²) in [7, 11) is 2.11. The molecule has 0 bridgehead atoms. The van der Waals surface area contributed by atoms with Gasteiger partial charge in [-0.1, -0.05) is 36.4 Å². The molecular formula is C24H22N4O. The first kappa shape index (κ1) is 16.6. The zero-order valence-corrected chi connectivity index (χ0v) is 16.3. The highest BCUT2D eigenvalue weighted by atomic mass is 16.1. The van der Waals surface area contributed by atoms with Crippen LogP contribution in [-0.2, 0) is 20.1 Å². The van der Waals surface area contributed by atoms with Gasteiger partial charge in [-0.2, -0.15) is 0 Å². The highest BCUT2D eigenvalue weighted by Gasteiger charge is 2.31. The number of rotatable bonds is 3. The van der Waals surface area contributed by atoms with Gasteiger partial charge in [-0.05, 0) is 30.7 Å². The van der Waals surface area contributed by atoms with Gasteiger partial charge in [0.15, 0.2) is 0 Å². The molecule has 3 aromatic carbocycles. The van der Waals surface area contributed by atoms with Crippen LogP contribution in [0.1, 0.15) is 22.3 Å². The smallest absolute Gasteiger partial charge is 0.252 e. The van der Waals surface area contributed by atoms with E-state index in [4.69, 9.17) is 5.73 Å². The summed E-state index contributed by atoms with van der Waals surface area (Å²) in [6.07, 6.45) is 0.910. The van der Waals surface area contributed by atoms with Gasteiger partial charge in [0.05, 0.1) is 16.6 Å². The summed E-state index contributed by atoms with van der Waals surface area (Å²) in [5.41, 5.74) is 12.5. The van der Waals surface area contributed by atoms with E-state index in [1.165, 1.54) is 21.8 Å². The average Bonchev–Trinajstić information content (AvgIpc) is 3.38. The highest BCUT2D eigenvalue weighted by Crippen LogP contribution is 2.44. The minimum atomic E-state index is 0.0297. The van der Waals surface area contributed by atoms with Crippen LogP contribution in [0.5, 0.6) is 0 Å². The van der Waals surface area contributed by atoms with Crippen molar-refractivity contribution in [2.45, 2.75) is 19.5 Å². The zero-order valence-electron chi connectivity index (χ0n) is 16.3. The van der Waals surface area contributed by atoms with Crippen LogP contribution in [0.3, 0.4) is 0 Å². The molecule has 0 radical (unpaired) electrons. The van der Waals surface area contributed by atoms with Gasteiger partial charge in [-0.3, -0.25) is 4.79 Å². The summed E-state index contributed by atoms with van der Waals surface area (Å²) in [4.78, 5) is 12.9. The number of nitrogens with one attached hydrogen (secondary N) is 1. The second kappa shape index (κ2) is 5.84. The molecule has 5 aromatic rings. The lowest BCUT2D eigenvalue weighted by Crippen LogP contribution is -2.12. The topological polar surface area (TPSA) is 65.0 Å². The van der Waals surface area contributed by atoms with Gasteiger partial charge in [0.1, 0.15) is 0 Å². The largest absolute Gasteiger partial charge is 0.348 e. The maximum atomic E-state index is 12.9. The normalized spacial score (nSPS) is 13.8. The molecule has 0 atom stereocenters. The number of carbonyl (C=O) groups excluding carboxylic acids is 1. The van der Waals surface area contributed by atoms with E-state index in [0.29, 0.717) is 13.1 Å². The third kappa shape index (κ3) is 2.00. The number of hydrogen-bond acceptors (Lipinski definition) is 2. The molecule has 5 heteroatoms. The summed E-state index contributed by atoms with van der Waals surface area (Å²) in [5.74, 6) is 0.0297. The predicted molar refractivity (Wildman–Crippen MR) is 118 cm³/mol. The molecule has 6 rings (SSSR count). The van der Waals surface area contributed by atoms with Crippen molar-refractivity contribution in [3.63, 3.8) is 0 Å². The maximum Gasteiger partial charge on any atom is 0.252 e. The number of amides is 1. The number of carbonyl (C=O) groups is 1. The third-order valence-corrected chi connectivity index (χ3v) is 6.39. The highest BCUT2D eigenvalue weighted by molar-refractivity contribution is 6.30. The molecule has 5 nitrogen and oxygen atoms in total. The second-order valence-corrected chi connectivity index (χ2v) is 7.87. The average molecular weight is 382 g/mol. The van der Waals surface area contributed by atoms with E-state index in [1.54, 1.807) is 0 Å². The Morgan fingerprint density at radius 1 is 0.966 bits per heavy atom. The van der Waals surface area contributed by atoms with E-state index in [-0.39, 0.29) is 5.91 Å². The first-order chi connectivity index (χ1) is 14.2. The number of fused-ring (bicyclic) bond motifs is 10. The Morgan fingerprint density at radius 2 is 1.66 bits per heavy atom. The standard InChI is InChI=1S/C24H22N4O/c1-27-17-9-4-2-7-14(17)20-21-16(13-26-24(21)29)19-15-8-3-5-10-18(15)28(12-6-11-25)23(19)22(20)27/h2-5,7-10H,6,11-13,25H2,1H3,(H,26,29). The number of nitrogens with zero attached hydrogens (tertiary/aromatic N) is 2. The van der Waals surface area contributed by atoms with Crippen LogP contribution >= 0.6 is 0 Å². The van der Waals surface area contributed by atoms with Gasteiger partial charge in [0, 0.05) is 52.7 Å². The second-order valence-electron chi connectivity index (χ2n) is 7.87. The molecular weight excluding hydrogens is 360 g/mol. The van der Waals surface area contributed by atoms with Crippen molar-refractivity contribution in [3.8, 4) is 0 Å². The molecule has 0 unspecified atom stereocenters. The molecule has 0 fully saturated rings. The van der Waals surface area contributed by atoms with Gasteiger partial charge in [-0.25, -0.2) is 0 Å². The number of aryl methyl sites for hydroxylation is 2. The van der Waals surface area contributed by atoms with Crippen molar-refractivity contribution < 1.29 is 4.79 Å². The van der Waals surface area contributed by atoms with Crippen LogP contribution in [0.25, 0.3) is 43.6 Å².